The van der Waals surface area contributed by atoms with Crippen molar-refractivity contribution in [3.8, 4) is 5.75 Å². The normalized spacial score (nSPS) is 10.2. The molecule has 0 spiro atoms. The number of anilines is 1. The van der Waals surface area contributed by atoms with Gasteiger partial charge in [-0.25, -0.2) is 0 Å². The van der Waals surface area contributed by atoms with Crippen LogP contribution in [0.1, 0.15) is 15.9 Å². The molecule has 0 atom stereocenters. The molecular formula is C14H13BrN2O2. The van der Waals surface area contributed by atoms with Gasteiger partial charge in [0.05, 0.1) is 11.3 Å². The first-order chi connectivity index (χ1) is 9.08. The van der Waals surface area contributed by atoms with Gasteiger partial charge in [-0.3, -0.25) is 4.79 Å². The second-order valence-electron chi connectivity index (χ2n) is 4.06. The van der Waals surface area contributed by atoms with Crippen LogP contribution in [0, 0.1) is 0 Å². The smallest absolute Gasteiger partial charge is 0.255 e. The predicted molar refractivity (Wildman–Crippen MR) is 77.8 cm³/mol. The zero-order chi connectivity index (χ0) is 13.8. The van der Waals surface area contributed by atoms with Crippen molar-refractivity contribution < 1.29 is 9.90 Å². The summed E-state index contributed by atoms with van der Waals surface area (Å²) in [5.41, 5.74) is 6.88. The first kappa shape index (κ1) is 13.4. The number of carbonyl (C=O) groups excluding carboxylic acids is 1. The molecule has 0 radical (unpaired) electrons. The predicted octanol–water partition coefficient (Wildman–Crippen LogP) is 2.67. The Morgan fingerprint density at radius 1 is 1.26 bits per heavy atom. The fourth-order valence-corrected chi connectivity index (χ4v) is 2.12. The Balaban J connectivity index is 2.08. The molecule has 0 aliphatic rings. The third kappa shape index (κ3) is 3.26. The minimum absolute atomic E-state index is 0.176. The average Bonchev–Trinajstić information content (AvgIpc) is 2.39. The maximum Gasteiger partial charge on any atom is 0.255 e. The number of aromatic hydroxyl groups is 1. The highest BCUT2D eigenvalue weighted by Crippen LogP contribution is 2.24. The number of phenolic OH excluding ortho intramolecular Hbond substituents is 1. The lowest BCUT2D eigenvalue weighted by Gasteiger charge is -2.08. The zero-order valence-corrected chi connectivity index (χ0v) is 11.6. The van der Waals surface area contributed by atoms with Crippen molar-refractivity contribution in [3.05, 3.63) is 58.1 Å². The van der Waals surface area contributed by atoms with Crippen molar-refractivity contribution in [3.63, 3.8) is 0 Å². The lowest BCUT2D eigenvalue weighted by atomic mass is 10.1. The van der Waals surface area contributed by atoms with Gasteiger partial charge in [0.15, 0.2) is 5.75 Å². The zero-order valence-electron chi connectivity index (χ0n) is 10.1. The Hall–Kier alpha value is -2.01. The van der Waals surface area contributed by atoms with E-state index in [2.05, 4.69) is 21.2 Å². The number of nitrogens with two attached hydrogens (primary N) is 1. The molecule has 1 amide bonds. The Labute approximate surface area is 119 Å². The van der Waals surface area contributed by atoms with E-state index in [1.807, 2.05) is 24.3 Å². The molecule has 0 saturated carbocycles. The number of benzene rings is 2. The summed E-state index contributed by atoms with van der Waals surface area (Å²) >= 11 is 3.37. The minimum Gasteiger partial charge on any atom is -0.505 e. The molecule has 2 aromatic rings. The Morgan fingerprint density at radius 2 is 2.00 bits per heavy atom. The highest BCUT2D eigenvalue weighted by atomic mass is 79.9. The number of hydrogen-bond donors (Lipinski definition) is 3. The molecule has 2 rings (SSSR count). The third-order valence-electron chi connectivity index (χ3n) is 2.65. The number of amides is 1. The summed E-state index contributed by atoms with van der Waals surface area (Å²) in [6.45, 7) is 0.381. The van der Waals surface area contributed by atoms with E-state index in [4.69, 9.17) is 5.73 Å². The van der Waals surface area contributed by atoms with Gasteiger partial charge in [0.2, 0.25) is 0 Å². The third-order valence-corrected chi connectivity index (χ3v) is 3.15. The van der Waals surface area contributed by atoms with E-state index in [9.17, 15) is 9.90 Å². The van der Waals surface area contributed by atoms with Gasteiger partial charge in [-0.05, 0) is 29.8 Å². The van der Waals surface area contributed by atoms with Gasteiger partial charge in [0, 0.05) is 11.0 Å². The van der Waals surface area contributed by atoms with Gasteiger partial charge in [0.1, 0.15) is 0 Å². The Bertz CT molecular complexity index is 614. The van der Waals surface area contributed by atoms with Crippen LogP contribution in [0.3, 0.4) is 0 Å². The standard InChI is InChI=1S/C14H13BrN2O2/c15-10-4-1-3-9(7-10)8-17-14(19)11-5-2-6-12(16)13(11)18/h1-7,18H,8,16H2,(H,17,19). The molecular weight excluding hydrogens is 308 g/mol. The SMILES string of the molecule is Nc1cccc(C(=O)NCc2cccc(Br)c2)c1O. The van der Waals surface area contributed by atoms with Crippen molar-refractivity contribution in [1.82, 2.24) is 5.32 Å². The number of phenols is 1. The highest BCUT2D eigenvalue weighted by Gasteiger charge is 2.12. The molecule has 2 aromatic carbocycles. The van der Waals surface area contributed by atoms with Gasteiger partial charge in [0.25, 0.3) is 5.91 Å². The largest absolute Gasteiger partial charge is 0.505 e. The summed E-state index contributed by atoms with van der Waals surface area (Å²) in [4.78, 5) is 11.9. The fraction of sp³-hybridized carbons (Fsp3) is 0.0714. The number of carbonyl (C=O) groups is 1. The van der Waals surface area contributed by atoms with Crippen LogP contribution in [0.25, 0.3) is 0 Å². The van der Waals surface area contributed by atoms with Gasteiger partial charge in [-0.1, -0.05) is 34.1 Å². The summed E-state index contributed by atoms with van der Waals surface area (Å²) in [7, 11) is 0. The van der Waals surface area contributed by atoms with Crippen molar-refractivity contribution in [1.29, 1.82) is 0 Å². The number of para-hydroxylation sites is 1. The second-order valence-corrected chi connectivity index (χ2v) is 4.97. The molecule has 0 saturated heterocycles. The first-order valence-electron chi connectivity index (χ1n) is 5.68. The molecule has 19 heavy (non-hydrogen) atoms. The van der Waals surface area contributed by atoms with Crippen molar-refractivity contribution >= 4 is 27.5 Å². The van der Waals surface area contributed by atoms with Gasteiger partial charge >= 0.3 is 0 Å². The highest BCUT2D eigenvalue weighted by molar-refractivity contribution is 9.10. The Morgan fingerprint density at radius 3 is 2.74 bits per heavy atom. The van der Waals surface area contributed by atoms with Crippen LogP contribution in [0.5, 0.6) is 5.75 Å². The van der Waals surface area contributed by atoms with Gasteiger partial charge in [-0.15, -0.1) is 0 Å². The molecule has 0 aliphatic carbocycles. The molecule has 0 unspecified atom stereocenters. The molecule has 0 bridgehead atoms. The summed E-state index contributed by atoms with van der Waals surface area (Å²) in [5.74, 6) is -0.543. The maximum absolute atomic E-state index is 11.9. The molecule has 98 valence electrons. The lowest BCUT2D eigenvalue weighted by molar-refractivity contribution is 0.0948. The number of nitrogen functional groups attached to an aromatic ring is 1. The topological polar surface area (TPSA) is 75.4 Å². The first-order valence-corrected chi connectivity index (χ1v) is 6.47. The molecule has 4 N–H and O–H groups in total. The van der Waals surface area contributed by atoms with Crippen molar-refractivity contribution in [2.24, 2.45) is 0 Å². The van der Waals surface area contributed by atoms with Crippen LogP contribution >= 0.6 is 15.9 Å². The Kier molecular flexibility index (Phi) is 4.06. The van der Waals surface area contributed by atoms with Crippen molar-refractivity contribution in [2.45, 2.75) is 6.54 Å². The van der Waals surface area contributed by atoms with Crippen LogP contribution in [0.15, 0.2) is 46.9 Å². The molecule has 0 aliphatic heterocycles. The summed E-state index contributed by atoms with van der Waals surface area (Å²) in [5, 5.41) is 12.5. The summed E-state index contributed by atoms with van der Waals surface area (Å²) < 4.78 is 0.950. The quantitative estimate of drug-likeness (QED) is 0.601. The molecule has 5 heteroatoms. The maximum atomic E-state index is 11.9. The van der Waals surface area contributed by atoms with Crippen LogP contribution in [-0.4, -0.2) is 11.0 Å². The molecule has 0 heterocycles. The minimum atomic E-state index is -0.357. The van der Waals surface area contributed by atoms with Crippen LogP contribution in [0.4, 0.5) is 5.69 Å². The van der Waals surface area contributed by atoms with Gasteiger partial charge < -0.3 is 16.2 Å². The van der Waals surface area contributed by atoms with Crippen molar-refractivity contribution in [2.75, 3.05) is 5.73 Å². The fourth-order valence-electron chi connectivity index (χ4n) is 1.67. The van der Waals surface area contributed by atoms with E-state index in [0.717, 1.165) is 10.0 Å². The number of hydrogen-bond acceptors (Lipinski definition) is 3. The van der Waals surface area contributed by atoms with Crippen LogP contribution in [-0.2, 0) is 6.54 Å². The summed E-state index contributed by atoms with van der Waals surface area (Å²) in [6.07, 6.45) is 0. The van der Waals surface area contributed by atoms with E-state index < -0.39 is 0 Å². The van der Waals surface area contributed by atoms with E-state index >= 15 is 0 Å². The monoisotopic (exact) mass is 320 g/mol. The van der Waals surface area contributed by atoms with Crippen LogP contribution in [0.2, 0.25) is 0 Å². The summed E-state index contributed by atoms with van der Waals surface area (Å²) in [6, 6.07) is 12.3. The molecule has 0 fully saturated rings. The number of rotatable bonds is 3. The average molecular weight is 321 g/mol. The second kappa shape index (κ2) is 5.75. The van der Waals surface area contributed by atoms with E-state index in [1.54, 1.807) is 12.1 Å². The van der Waals surface area contributed by atoms with E-state index in [1.165, 1.54) is 6.07 Å². The number of halogens is 1. The molecule has 4 nitrogen and oxygen atoms in total. The lowest BCUT2D eigenvalue weighted by Crippen LogP contribution is -2.23. The number of nitrogens with one attached hydrogen (secondary N) is 1. The molecule has 0 aromatic heterocycles. The van der Waals surface area contributed by atoms with E-state index in [0.29, 0.717) is 6.54 Å². The van der Waals surface area contributed by atoms with Gasteiger partial charge in [-0.2, -0.15) is 0 Å². The van der Waals surface area contributed by atoms with Crippen LogP contribution < -0.4 is 11.1 Å². The van der Waals surface area contributed by atoms with E-state index in [-0.39, 0.29) is 22.9 Å².